The first-order chi connectivity index (χ1) is 13.0. The highest BCUT2D eigenvalue weighted by Crippen LogP contribution is 2.51. The quantitative estimate of drug-likeness (QED) is 0.422. The summed E-state index contributed by atoms with van der Waals surface area (Å²) >= 11 is 0. The van der Waals surface area contributed by atoms with E-state index in [0.29, 0.717) is 30.3 Å². The van der Waals surface area contributed by atoms with Crippen molar-refractivity contribution in [3.05, 3.63) is 12.2 Å². The molecule has 8 atom stereocenters. The van der Waals surface area contributed by atoms with Crippen molar-refractivity contribution in [3.63, 3.8) is 0 Å². The number of carbonyl (C=O) groups is 1. The summed E-state index contributed by atoms with van der Waals surface area (Å²) in [6.07, 6.45) is 12.0. The standard InChI is InChI=1S/C22H36O5/c1-2-14-3-4-16(9-14)20(23)6-5-18-19-11-15(7-8-27-13-22(25)26)10-17(19)12-21(18)24/h5-6,14-21,23-24H,2-4,7-13H2,1H3,(H,25,26)/t14-,15?,16-,17-,18-,19-,20?,21-/m1/s1. The molecule has 3 saturated carbocycles. The van der Waals surface area contributed by atoms with Gasteiger partial charge in [0.2, 0.25) is 0 Å². The van der Waals surface area contributed by atoms with Crippen molar-refractivity contribution >= 4 is 5.97 Å². The summed E-state index contributed by atoms with van der Waals surface area (Å²) in [6, 6.07) is 0. The van der Waals surface area contributed by atoms with Crippen LogP contribution in [0.4, 0.5) is 0 Å². The SMILES string of the molecule is CC[C@@H]1CC[C@@H](C(O)C=C[C@@H]2[C@@H]3CC(CCOCC(=O)O)C[C@@H]3C[C@H]2O)C1. The van der Waals surface area contributed by atoms with Crippen LogP contribution in [0.3, 0.4) is 0 Å². The molecule has 3 fully saturated rings. The van der Waals surface area contributed by atoms with Gasteiger partial charge in [-0.2, -0.15) is 0 Å². The molecule has 0 bridgehead atoms. The van der Waals surface area contributed by atoms with Crippen molar-refractivity contribution in [1.29, 1.82) is 0 Å². The molecule has 3 aliphatic rings. The molecule has 0 saturated heterocycles. The number of hydrogen-bond donors (Lipinski definition) is 3. The van der Waals surface area contributed by atoms with Crippen LogP contribution < -0.4 is 0 Å². The Labute approximate surface area is 162 Å². The van der Waals surface area contributed by atoms with Gasteiger partial charge in [0.1, 0.15) is 6.61 Å². The van der Waals surface area contributed by atoms with E-state index in [1.807, 2.05) is 6.08 Å². The van der Waals surface area contributed by atoms with Gasteiger partial charge in [0.25, 0.3) is 0 Å². The predicted octanol–water partition coefficient (Wildman–Crippen LogP) is 3.24. The van der Waals surface area contributed by atoms with Crippen LogP contribution in [0.25, 0.3) is 0 Å². The lowest BCUT2D eigenvalue weighted by molar-refractivity contribution is -0.142. The summed E-state index contributed by atoms with van der Waals surface area (Å²) in [6.45, 7) is 2.51. The second-order valence-electron chi connectivity index (χ2n) is 9.10. The zero-order valence-electron chi connectivity index (χ0n) is 16.5. The molecule has 154 valence electrons. The first-order valence-electron chi connectivity index (χ1n) is 10.8. The van der Waals surface area contributed by atoms with Gasteiger partial charge in [0.05, 0.1) is 12.2 Å². The third-order valence-electron chi connectivity index (χ3n) is 7.40. The summed E-state index contributed by atoms with van der Waals surface area (Å²) in [5.41, 5.74) is 0. The fourth-order valence-corrected chi connectivity index (χ4v) is 5.88. The molecule has 27 heavy (non-hydrogen) atoms. The third kappa shape index (κ3) is 5.33. The number of aliphatic carboxylic acids is 1. The van der Waals surface area contributed by atoms with Crippen molar-refractivity contribution in [3.8, 4) is 0 Å². The van der Waals surface area contributed by atoms with Gasteiger partial charge >= 0.3 is 5.97 Å². The van der Waals surface area contributed by atoms with Crippen LogP contribution in [0.15, 0.2) is 12.2 Å². The average Bonchev–Trinajstić information content (AvgIpc) is 3.31. The number of carboxylic acid groups (broad SMARTS) is 1. The van der Waals surface area contributed by atoms with E-state index in [1.165, 1.54) is 12.8 Å². The number of aliphatic hydroxyl groups is 2. The number of fused-ring (bicyclic) bond motifs is 1. The van der Waals surface area contributed by atoms with E-state index in [0.717, 1.165) is 44.4 Å². The predicted molar refractivity (Wildman–Crippen MR) is 103 cm³/mol. The maximum Gasteiger partial charge on any atom is 0.329 e. The summed E-state index contributed by atoms with van der Waals surface area (Å²) in [7, 11) is 0. The summed E-state index contributed by atoms with van der Waals surface area (Å²) in [4.78, 5) is 10.5. The van der Waals surface area contributed by atoms with Gasteiger partial charge in [0, 0.05) is 12.5 Å². The summed E-state index contributed by atoms with van der Waals surface area (Å²) in [5.74, 6) is 1.96. The average molecular weight is 381 g/mol. The molecule has 5 nitrogen and oxygen atoms in total. The molecule has 2 unspecified atom stereocenters. The zero-order chi connectivity index (χ0) is 19.4. The molecule has 0 radical (unpaired) electrons. The van der Waals surface area contributed by atoms with E-state index in [9.17, 15) is 15.0 Å². The third-order valence-corrected chi connectivity index (χ3v) is 7.40. The smallest absolute Gasteiger partial charge is 0.329 e. The van der Waals surface area contributed by atoms with E-state index in [1.54, 1.807) is 0 Å². The highest BCUT2D eigenvalue weighted by molar-refractivity contribution is 5.67. The fourth-order valence-electron chi connectivity index (χ4n) is 5.88. The highest BCUT2D eigenvalue weighted by Gasteiger charge is 2.46. The second-order valence-corrected chi connectivity index (χ2v) is 9.10. The Kier molecular flexibility index (Phi) is 7.35. The monoisotopic (exact) mass is 380 g/mol. The Morgan fingerprint density at radius 2 is 2.00 bits per heavy atom. The van der Waals surface area contributed by atoms with Crippen LogP contribution in [0.2, 0.25) is 0 Å². The largest absolute Gasteiger partial charge is 0.480 e. The first-order valence-corrected chi connectivity index (χ1v) is 10.8. The van der Waals surface area contributed by atoms with Crippen molar-refractivity contribution in [2.45, 2.75) is 70.5 Å². The number of carboxylic acids is 1. The van der Waals surface area contributed by atoms with E-state index in [-0.39, 0.29) is 24.7 Å². The molecule has 0 aliphatic heterocycles. The van der Waals surface area contributed by atoms with Crippen molar-refractivity contribution < 1.29 is 24.9 Å². The Hall–Kier alpha value is -0.910. The molecule has 5 heteroatoms. The van der Waals surface area contributed by atoms with Crippen LogP contribution in [0.1, 0.15) is 58.3 Å². The number of aliphatic hydroxyl groups excluding tert-OH is 2. The maximum atomic E-state index is 10.6. The second kappa shape index (κ2) is 9.53. The van der Waals surface area contributed by atoms with Crippen LogP contribution in [0, 0.1) is 35.5 Å². The van der Waals surface area contributed by atoms with Gasteiger partial charge in [-0.3, -0.25) is 0 Å². The van der Waals surface area contributed by atoms with Crippen molar-refractivity contribution in [1.82, 2.24) is 0 Å². The van der Waals surface area contributed by atoms with Gasteiger partial charge in [-0.05, 0) is 68.1 Å². The van der Waals surface area contributed by atoms with Gasteiger partial charge in [-0.25, -0.2) is 4.79 Å². The minimum atomic E-state index is -0.919. The van der Waals surface area contributed by atoms with Crippen LogP contribution in [-0.4, -0.2) is 46.7 Å². The molecule has 0 amide bonds. The Balaban J connectivity index is 1.47. The normalized spacial score (nSPS) is 39.9. The molecular formula is C22H36O5. The number of rotatable bonds is 9. The molecular weight excluding hydrogens is 344 g/mol. The summed E-state index contributed by atoms with van der Waals surface area (Å²) in [5, 5.41) is 29.7. The highest BCUT2D eigenvalue weighted by atomic mass is 16.5. The Morgan fingerprint density at radius 1 is 1.19 bits per heavy atom. The molecule has 0 aromatic rings. The number of ether oxygens (including phenoxy) is 1. The molecule has 0 aromatic carbocycles. The fraction of sp³-hybridized carbons (Fsp3) is 0.864. The van der Waals surface area contributed by atoms with Crippen LogP contribution in [0.5, 0.6) is 0 Å². The summed E-state index contributed by atoms with van der Waals surface area (Å²) < 4.78 is 5.18. The Morgan fingerprint density at radius 3 is 2.70 bits per heavy atom. The van der Waals surface area contributed by atoms with Crippen LogP contribution in [-0.2, 0) is 9.53 Å². The van der Waals surface area contributed by atoms with E-state index in [2.05, 4.69) is 13.0 Å². The lowest BCUT2D eigenvalue weighted by Crippen LogP contribution is -2.20. The minimum absolute atomic E-state index is 0.151. The minimum Gasteiger partial charge on any atom is -0.480 e. The molecule has 0 heterocycles. The Bertz CT molecular complexity index is 519. The lowest BCUT2D eigenvalue weighted by atomic mass is 9.88. The first kappa shape index (κ1) is 20.8. The maximum absolute atomic E-state index is 10.6. The number of hydrogen-bond acceptors (Lipinski definition) is 4. The topological polar surface area (TPSA) is 87.0 Å². The van der Waals surface area contributed by atoms with Crippen molar-refractivity contribution in [2.24, 2.45) is 35.5 Å². The lowest BCUT2D eigenvalue weighted by Gasteiger charge is -2.20. The van der Waals surface area contributed by atoms with Gasteiger partial charge in [-0.15, -0.1) is 0 Å². The molecule has 3 aliphatic carbocycles. The molecule has 3 rings (SSSR count). The van der Waals surface area contributed by atoms with E-state index >= 15 is 0 Å². The zero-order valence-corrected chi connectivity index (χ0v) is 16.5. The van der Waals surface area contributed by atoms with Gasteiger partial charge in [-0.1, -0.05) is 31.9 Å². The van der Waals surface area contributed by atoms with Gasteiger partial charge in [0.15, 0.2) is 0 Å². The van der Waals surface area contributed by atoms with Crippen molar-refractivity contribution in [2.75, 3.05) is 13.2 Å². The van der Waals surface area contributed by atoms with E-state index < -0.39 is 5.97 Å². The van der Waals surface area contributed by atoms with E-state index in [4.69, 9.17) is 9.84 Å². The van der Waals surface area contributed by atoms with Gasteiger partial charge < -0.3 is 20.1 Å². The molecule has 0 spiro atoms. The molecule has 0 aromatic heterocycles. The molecule has 3 N–H and O–H groups in total. The van der Waals surface area contributed by atoms with Crippen LogP contribution >= 0.6 is 0 Å².